The Morgan fingerprint density at radius 2 is 1.73 bits per heavy atom. The van der Waals surface area contributed by atoms with Crippen molar-refractivity contribution in [3.05, 3.63) is 110 Å². The van der Waals surface area contributed by atoms with E-state index >= 15 is 0 Å². The number of carbonyl (C=O) groups is 1. The van der Waals surface area contributed by atoms with Crippen molar-refractivity contribution in [1.82, 2.24) is 4.90 Å². The lowest BCUT2D eigenvalue weighted by Crippen LogP contribution is -2.29. The van der Waals surface area contributed by atoms with Crippen molar-refractivity contribution in [3.63, 3.8) is 0 Å². The fraction of sp³-hybridized carbons (Fsp3) is 0.0833. The van der Waals surface area contributed by atoms with E-state index in [1.54, 1.807) is 59.5 Å². The van der Waals surface area contributed by atoms with Gasteiger partial charge in [0.05, 0.1) is 17.0 Å². The molecule has 5 nitrogen and oxygen atoms in total. The molecule has 5 rings (SSSR count). The van der Waals surface area contributed by atoms with Crippen LogP contribution >= 0.6 is 11.6 Å². The average molecular weight is 418 g/mol. The van der Waals surface area contributed by atoms with Gasteiger partial charge in [-0.3, -0.25) is 9.59 Å². The van der Waals surface area contributed by atoms with Crippen molar-refractivity contribution in [3.8, 4) is 5.75 Å². The van der Waals surface area contributed by atoms with Crippen molar-refractivity contribution in [1.29, 1.82) is 0 Å². The molecule has 148 valence electrons. The minimum absolute atomic E-state index is 0.0269. The molecule has 0 spiro atoms. The predicted molar refractivity (Wildman–Crippen MR) is 114 cm³/mol. The van der Waals surface area contributed by atoms with Crippen LogP contribution in [0.1, 0.15) is 33.3 Å². The minimum atomic E-state index is -0.697. The minimum Gasteiger partial charge on any atom is -0.508 e. The summed E-state index contributed by atoms with van der Waals surface area (Å²) in [5.74, 6) is -0.309. The second-order valence-corrected chi connectivity index (χ2v) is 7.60. The number of nitrogens with zero attached hydrogens (tertiary/aromatic N) is 1. The summed E-state index contributed by atoms with van der Waals surface area (Å²) < 4.78 is 5.89. The van der Waals surface area contributed by atoms with Crippen LogP contribution in [0.25, 0.3) is 11.0 Å². The van der Waals surface area contributed by atoms with Crippen LogP contribution in [0.3, 0.4) is 0 Å². The van der Waals surface area contributed by atoms with Crippen molar-refractivity contribution < 1.29 is 14.3 Å². The van der Waals surface area contributed by atoms with Gasteiger partial charge in [0.25, 0.3) is 5.91 Å². The molecular weight excluding hydrogens is 402 g/mol. The third kappa shape index (κ3) is 2.86. The molecule has 0 bridgehead atoms. The van der Waals surface area contributed by atoms with Gasteiger partial charge in [-0.1, -0.05) is 54.1 Å². The number of aromatic hydroxyl groups is 1. The van der Waals surface area contributed by atoms with Crippen LogP contribution in [0.5, 0.6) is 5.75 Å². The summed E-state index contributed by atoms with van der Waals surface area (Å²) in [5.41, 5.74) is 1.76. The van der Waals surface area contributed by atoms with Gasteiger partial charge in [-0.05, 0) is 41.5 Å². The number of carbonyl (C=O) groups excluding carboxylic acids is 1. The number of fused-ring (bicyclic) bond motifs is 2. The molecule has 6 heteroatoms. The Hall–Kier alpha value is -3.57. The first-order valence-corrected chi connectivity index (χ1v) is 9.81. The number of hydrogen-bond donors (Lipinski definition) is 1. The van der Waals surface area contributed by atoms with E-state index in [1.165, 1.54) is 0 Å². The number of amides is 1. The lowest BCUT2D eigenvalue weighted by molar-refractivity contribution is 0.0714. The highest BCUT2D eigenvalue weighted by Crippen LogP contribution is 2.40. The molecule has 2 heterocycles. The Morgan fingerprint density at radius 3 is 2.53 bits per heavy atom. The molecule has 0 saturated heterocycles. The van der Waals surface area contributed by atoms with Gasteiger partial charge in [-0.25, -0.2) is 0 Å². The zero-order chi connectivity index (χ0) is 20.8. The molecule has 1 aliphatic heterocycles. The number of benzene rings is 3. The van der Waals surface area contributed by atoms with Crippen molar-refractivity contribution in [2.75, 3.05) is 0 Å². The van der Waals surface area contributed by atoms with E-state index in [9.17, 15) is 14.7 Å². The molecule has 0 unspecified atom stereocenters. The third-order valence-corrected chi connectivity index (χ3v) is 5.73. The Morgan fingerprint density at radius 1 is 0.967 bits per heavy atom. The van der Waals surface area contributed by atoms with Crippen LogP contribution in [0.15, 0.2) is 82.0 Å². The van der Waals surface area contributed by atoms with Gasteiger partial charge in [0, 0.05) is 11.6 Å². The van der Waals surface area contributed by atoms with Crippen molar-refractivity contribution >= 4 is 28.5 Å². The largest absolute Gasteiger partial charge is 0.508 e. The summed E-state index contributed by atoms with van der Waals surface area (Å²) in [6.45, 7) is 0.193. The maximum absolute atomic E-state index is 13.4. The van der Waals surface area contributed by atoms with Crippen molar-refractivity contribution in [2.45, 2.75) is 12.6 Å². The summed E-state index contributed by atoms with van der Waals surface area (Å²) in [7, 11) is 0. The molecule has 3 aromatic carbocycles. The fourth-order valence-electron chi connectivity index (χ4n) is 3.98. The molecule has 4 aromatic rings. The van der Waals surface area contributed by atoms with E-state index in [0.29, 0.717) is 21.6 Å². The van der Waals surface area contributed by atoms with Gasteiger partial charge >= 0.3 is 0 Å². The first kappa shape index (κ1) is 18.5. The zero-order valence-corrected chi connectivity index (χ0v) is 16.5. The van der Waals surface area contributed by atoms with E-state index < -0.39 is 6.04 Å². The summed E-state index contributed by atoms with van der Waals surface area (Å²) in [4.78, 5) is 28.3. The molecule has 0 fully saturated rings. The molecule has 1 atom stereocenters. The number of hydrogen-bond acceptors (Lipinski definition) is 4. The van der Waals surface area contributed by atoms with E-state index in [4.69, 9.17) is 16.0 Å². The number of para-hydroxylation sites is 1. The molecule has 1 aromatic heterocycles. The van der Waals surface area contributed by atoms with Gasteiger partial charge in [-0.15, -0.1) is 0 Å². The van der Waals surface area contributed by atoms with Gasteiger partial charge in [0.15, 0.2) is 5.43 Å². The smallest absolute Gasteiger partial charge is 0.291 e. The Kier molecular flexibility index (Phi) is 4.33. The molecule has 0 radical (unpaired) electrons. The Bertz CT molecular complexity index is 1360. The van der Waals surface area contributed by atoms with E-state index in [0.717, 1.165) is 5.56 Å². The summed E-state index contributed by atoms with van der Waals surface area (Å²) in [5, 5.41) is 11.0. The molecule has 1 amide bonds. The van der Waals surface area contributed by atoms with E-state index in [-0.39, 0.29) is 35.0 Å². The van der Waals surface area contributed by atoms with Gasteiger partial charge in [0.1, 0.15) is 11.3 Å². The lowest BCUT2D eigenvalue weighted by Gasteiger charge is -2.25. The first-order valence-electron chi connectivity index (χ1n) is 9.43. The number of halogens is 1. The molecule has 0 saturated carbocycles. The van der Waals surface area contributed by atoms with Crippen LogP contribution in [-0.4, -0.2) is 15.9 Å². The number of phenols is 1. The van der Waals surface area contributed by atoms with Crippen LogP contribution in [0.2, 0.25) is 5.02 Å². The molecule has 30 heavy (non-hydrogen) atoms. The van der Waals surface area contributed by atoms with Gasteiger partial charge in [0.2, 0.25) is 5.76 Å². The van der Waals surface area contributed by atoms with E-state index in [1.807, 2.05) is 18.2 Å². The summed E-state index contributed by atoms with van der Waals surface area (Å²) in [6, 6.07) is 20.0. The predicted octanol–water partition coefficient (Wildman–Crippen LogP) is 4.90. The number of phenolic OH excluding ortho intramolecular Hbond substituents is 1. The highest BCUT2D eigenvalue weighted by molar-refractivity contribution is 6.31. The first-order chi connectivity index (χ1) is 14.5. The second kappa shape index (κ2) is 7.04. The van der Waals surface area contributed by atoms with Crippen molar-refractivity contribution in [2.24, 2.45) is 0 Å². The lowest BCUT2D eigenvalue weighted by atomic mass is 9.98. The van der Waals surface area contributed by atoms with Gasteiger partial charge < -0.3 is 14.4 Å². The maximum Gasteiger partial charge on any atom is 0.291 e. The highest BCUT2D eigenvalue weighted by atomic mass is 35.5. The summed E-state index contributed by atoms with van der Waals surface area (Å²) in [6.07, 6.45) is 0. The SMILES string of the molecule is O=C1c2oc3ccccc3c(=O)c2[C@H](c2cccc(O)c2)N1Cc1ccccc1Cl. The third-order valence-electron chi connectivity index (χ3n) is 5.36. The van der Waals surface area contributed by atoms with Crippen LogP contribution in [-0.2, 0) is 6.54 Å². The van der Waals surface area contributed by atoms with Gasteiger partial charge in [-0.2, -0.15) is 0 Å². The summed E-state index contributed by atoms with van der Waals surface area (Å²) >= 11 is 6.33. The second-order valence-electron chi connectivity index (χ2n) is 7.19. The molecule has 1 aliphatic rings. The zero-order valence-electron chi connectivity index (χ0n) is 15.7. The number of rotatable bonds is 3. The normalized spacial score (nSPS) is 15.6. The Labute approximate surface area is 176 Å². The maximum atomic E-state index is 13.4. The molecule has 1 N–H and O–H groups in total. The Balaban J connectivity index is 1.75. The topological polar surface area (TPSA) is 70.8 Å². The monoisotopic (exact) mass is 417 g/mol. The molecule has 0 aliphatic carbocycles. The van der Waals surface area contributed by atoms with Crippen LogP contribution < -0.4 is 5.43 Å². The van der Waals surface area contributed by atoms with Crippen LogP contribution in [0, 0.1) is 0 Å². The van der Waals surface area contributed by atoms with Crippen LogP contribution in [0.4, 0.5) is 0 Å². The average Bonchev–Trinajstić information content (AvgIpc) is 3.02. The fourth-order valence-corrected chi connectivity index (χ4v) is 4.18. The standard InChI is InChI=1S/C24H16ClNO4/c25-18-10-3-1-6-15(18)13-26-21(14-7-5-8-16(27)12-14)20-22(28)17-9-2-4-11-19(17)30-23(20)24(26)29/h1-12,21,27H,13H2/t21-/m0/s1. The molecular formula is C24H16ClNO4. The quantitative estimate of drug-likeness (QED) is 0.514. The van der Waals surface area contributed by atoms with E-state index in [2.05, 4.69) is 0 Å². The highest BCUT2D eigenvalue weighted by Gasteiger charge is 2.42.